The number of furan rings is 1. The van der Waals surface area contributed by atoms with Crippen molar-refractivity contribution in [2.24, 2.45) is 0 Å². The van der Waals surface area contributed by atoms with Gasteiger partial charge in [0, 0.05) is 67.4 Å². The summed E-state index contributed by atoms with van der Waals surface area (Å²) in [5, 5.41) is 4.78. The number of hydrogen-bond acceptors (Lipinski definition) is 4. The molecule has 3 aliphatic rings. The second-order valence-electron chi connectivity index (χ2n) is 23.5. The lowest BCUT2D eigenvalue weighted by Gasteiger charge is -2.47. The lowest BCUT2D eigenvalue weighted by molar-refractivity contribution is 0.590. The Labute approximate surface area is 422 Å². The van der Waals surface area contributed by atoms with Gasteiger partial charge in [0.15, 0.2) is 0 Å². The Morgan fingerprint density at radius 3 is 1.68 bits per heavy atom. The molecular weight excluding hydrogens is 876 g/mol. The lowest BCUT2D eigenvalue weighted by Crippen LogP contribution is -2.62. The third-order valence-electron chi connectivity index (χ3n) is 15.9. The van der Waals surface area contributed by atoms with E-state index in [1.54, 1.807) is 0 Å². The summed E-state index contributed by atoms with van der Waals surface area (Å²) in [7, 11) is 0. The smallest absolute Gasteiger partial charge is 0.252 e. The van der Waals surface area contributed by atoms with Crippen molar-refractivity contribution in [3.8, 4) is 5.69 Å². The van der Waals surface area contributed by atoms with Gasteiger partial charge in [-0.1, -0.05) is 153 Å². The predicted octanol–water partition coefficient (Wildman–Crippen LogP) is 16.4. The Hall–Kier alpha value is -7.96. The molecule has 0 N–H and O–H groups in total. The molecule has 72 heavy (non-hydrogen) atoms. The Morgan fingerprint density at radius 1 is 0.403 bits per heavy atom. The number of nitrogens with zero attached hydrogens (tertiary/aromatic N) is 4. The molecular formula is C66H57BN4O. The van der Waals surface area contributed by atoms with Crippen molar-refractivity contribution in [3.05, 3.63) is 199 Å². The number of para-hydroxylation sites is 4. The van der Waals surface area contributed by atoms with Crippen LogP contribution in [0.2, 0.25) is 0 Å². The van der Waals surface area contributed by atoms with Crippen molar-refractivity contribution in [1.82, 2.24) is 4.57 Å². The molecule has 0 atom stereocenters. The molecule has 5 heterocycles. The molecule has 350 valence electrons. The SMILES string of the molecule is CC(C)(C)c1ccc(N(c2ccc(C(C)(C)C)cc2)c2ccc3c(c2)N(c2ccc4c(c2)oc2ccccc24)c2cc(C(C)(C)C)cc4c2B3c2cccc3c2N4c2cccc4c5ccccc5n-3c24)cc1. The highest BCUT2D eigenvalue weighted by Crippen LogP contribution is 2.54. The maximum atomic E-state index is 6.71. The normalized spacial score (nSPS) is 13.8. The van der Waals surface area contributed by atoms with Crippen molar-refractivity contribution in [2.45, 2.75) is 78.6 Å². The summed E-state index contributed by atoms with van der Waals surface area (Å²) < 4.78 is 9.24. The van der Waals surface area contributed by atoms with Gasteiger partial charge < -0.3 is 23.7 Å². The van der Waals surface area contributed by atoms with Gasteiger partial charge in [-0.15, -0.1) is 0 Å². The quantitative estimate of drug-likeness (QED) is 0.164. The largest absolute Gasteiger partial charge is 0.456 e. The van der Waals surface area contributed by atoms with E-state index in [0.717, 1.165) is 50.4 Å². The topological polar surface area (TPSA) is 27.8 Å². The first-order valence-corrected chi connectivity index (χ1v) is 25.6. The Bertz CT molecular complexity index is 4010. The van der Waals surface area contributed by atoms with Crippen LogP contribution in [-0.2, 0) is 16.2 Å². The molecule has 0 unspecified atom stereocenters. The third-order valence-corrected chi connectivity index (χ3v) is 15.9. The minimum atomic E-state index is -0.163. The summed E-state index contributed by atoms with van der Waals surface area (Å²) in [6.07, 6.45) is 0. The van der Waals surface area contributed by atoms with Crippen LogP contribution in [-0.4, -0.2) is 11.3 Å². The van der Waals surface area contributed by atoms with Crippen LogP contribution in [0.3, 0.4) is 0 Å². The van der Waals surface area contributed by atoms with Gasteiger partial charge in [0.05, 0.1) is 28.1 Å². The minimum Gasteiger partial charge on any atom is -0.456 e. The van der Waals surface area contributed by atoms with E-state index in [4.69, 9.17) is 4.42 Å². The zero-order valence-electron chi connectivity index (χ0n) is 42.6. The second kappa shape index (κ2) is 14.8. The minimum absolute atomic E-state index is 0.0257. The summed E-state index contributed by atoms with van der Waals surface area (Å²) in [4.78, 5) is 7.61. The van der Waals surface area contributed by atoms with Crippen LogP contribution in [0.5, 0.6) is 0 Å². The van der Waals surface area contributed by atoms with Gasteiger partial charge in [0.25, 0.3) is 6.71 Å². The number of fused-ring (bicyclic) bond motifs is 12. The van der Waals surface area contributed by atoms with Crippen LogP contribution in [0.25, 0.3) is 49.4 Å². The average molecular weight is 933 g/mol. The summed E-state index contributed by atoms with van der Waals surface area (Å²) in [6.45, 7) is 20.7. The molecule has 2 aromatic heterocycles. The van der Waals surface area contributed by atoms with Crippen LogP contribution in [0, 0.1) is 0 Å². The zero-order valence-corrected chi connectivity index (χ0v) is 42.6. The monoisotopic (exact) mass is 932 g/mol. The van der Waals surface area contributed by atoms with Gasteiger partial charge in [-0.3, -0.25) is 0 Å². The molecule has 0 fully saturated rings. The van der Waals surface area contributed by atoms with Crippen LogP contribution in [0.4, 0.5) is 51.2 Å². The van der Waals surface area contributed by atoms with Crippen molar-refractivity contribution in [3.63, 3.8) is 0 Å². The fourth-order valence-corrected chi connectivity index (χ4v) is 12.2. The molecule has 9 aromatic carbocycles. The fraction of sp³-hybridized carbons (Fsp3) is 0.182. The van der Waals surface area contributed by atoms with Crippen LogP contribution < -0.4 is 31.1 Å². The highest BCUT2D eigenvalue weighted by Gasteiger charge is 2.47. The third kappa shape index (κ3) is 6.14. The standard InChI is InChI=1S/C66H57BN4O/c1-64(2,3)40-24-28-43(29-25-40)68(44-30-26-41(27-31-44)65(4,5)6)45-33-35-51-56(38-45)69(46-32-34-49-48-17-11-13-23-59(48)72-60(49)39-46)57-36-42(66(7,8)9)37-58-61(57)67(51)52-19-15-22-55-63(52)71(58)54-21-14-18-50-47-16-10-12-20-53(47)70(55)62(50)54/h10-39H,1-9H3. The first-order valence-electron chi connectivity index (χ1n) is 25.6. The molecule has 3 aliphatic heterocycles. The Kier molecular flexibility index (Phi) is 8.82. The first-order chi connectivity index (χ1) is 34.6. The molecule has 11 aromatic rings. The van der Waals surface area contributed by atoms with E-state index in [-0.39, 0.29) is 23.0 Å². The highest BCUT2D eigenvalue weighted by atomic mass is 16.3. The van der Waals surface area contributed by atoms with E-state index in [2.05, 4.69) is 264 Å². The molecule has 0 saturated heterocycles. The molecule has 14 rings (SSSR count). The van der Waals surface area contributed by atoms with Crippen molar-refractivity contribution in [1.29, 1.82) is 0 Å². The van der Waals surface area contributed by atoms with E-state index >= 15 is 0 Å². The van der Waals surface area contributed by atoms with Gasteiger partial charge >= 0.3 is 0 Å². The molecule has 5 nitrogen and oxygen atoms in total. The highest BCUT2D eigenvalue weighted by molar-refractivity contribution is 7.00. The van der Waals surface area contributed by atoms with Gasteiger partial charge in [-0.2, -0.15) is 0 Å². The number of rotatable bonds is 4. The molecule has 0 bridgehead atoms. The molecule has 0 aliphatic carbocycles. The molecule has 0 radical (unpaired) electrons. The molecule has 0 saturated carbocycles. The van der Waals surface area contributed by atoms with Gasteiger partial charge in [-0.25, -0.2) is 0 Å². The van der Waals surface area contributed by atoms with Crippen LogP contribution in [0.1, 0.15) is 79.0 Å². The molecule has 0 spiro atoms. The first kappa shape index (κ1) is 42.9. The van der Waals surface area contributed by atoms with Crippen LogP contribution >= 0.6 is 0 Å². The lowest BCUT2D eigenvalue weighted by atomic mass is 9.33. The fourth-order valence-electron chi connectivity index (χ4n) is 12.2. The summed E-state index contributed by atoms with van der Waals surface area (Å²) >= 11 is 0. The van der Waals surface area contributed by atoms with Crippen molar-refractivity contribution in [2.75, 3.05) is 14.7 Å². The van der Waals surface area contributed by atoms with Crippen LogP contribution in [0.15, 0.2) is 186 Å². The summed E-state index contributed by atoms with van der Waals surface area (Å²) in [5.41, 5.74) is 23.5. The zero-order chi connectivity index (χ0) is 49.2. The van der Waals surface area contributed by atoms with E-state index < -0.39 is 0 Å². The number of anilines is 9. The number of benzene rings is 9. The van der Waals surface area contributed by atoms with E-state index in [1.165, 1.54) is 83.3 Å². The number of hydrogen-bond donors (Lipinski definition) is 0. The maximum absolute atomic E-state index is 6.71. The van der Waals surface area contributed by atoms with Gasteiger partial charge in [0.1, 0.15) is 11.2 Å². The predicted molar refractivity (Wildman–Crippen MR) is 306 cm³/mol. The summed E-state index contributed by atoms with van der Waals surface area (Å²) in [6, 6.07) is 68.7. The molecule has 0 amide bonds. The molecule has 6 heteroatoms. The van der Waals surface area contributed by atoms with Gasteiger partial charge in [-0.05, 0) is 134 Å². The van der Waals surface area contributed by atoms with Crippen molar-refractivity contribution < 1.29 is 4.42 Å². The number of aromatic nitrogens is 1. The second-order valence-corrected chi connectivity index (χ2v) is 23.5. The van der Waals surface area contributed by atoms with Crippen molar-refractivity contribution >= 4 is 118 Å². The maximum Gasteiger partial charge on any atom is 0.252 e. The van der Waals surface area contributed by atoms with E-state index in [0.29, 0.717) is 0 Å². The van der Waals surface area contributed by atoms with Gasteiger partial charge in [0.2, 0.25) is 0 Å². The average Bonchev–Trinajstić information content (AvgIpc) is 3.91. The van der Waals surface area contributed by atoms with E-state index in [9.17, 15) is 0 Å². The van der Waals surface area contributed by atoms with E-state index in [1.807, 2.05) is 0 Å². The Balaban J connectivity index is 1.07. The summed E-state index contributed by atoms with van der Waals surface area (Å²) in [5.74, 6) is 0. The Morgan fingerprint density at radius 2 is 0.986 bits per heavy atom.